The molecule has 120 valence electrons. The number of anilines is 2. The van der Waals surface area contributed by atoms with Crippen LogP contribution >= 0.6 is 11.3 Å². The molecule has 1 saturated heterocycles. The number of para-hydroxylation sites is 2. The summed E-state index contributed by atoms with van der Waals surface area (Å²) in [4.78, 5) is 30.6. The van der Waals surface area contributed by atoms with Crippen molar-refractivity contribution < 1.29 is 9.59 Å². The highest BCUT2D eigenvalue weighted by Gasteiger charge is 2.24. The van der Waals surface area contributed by atoms with Crippen molar-refractivity contribution in [2.24, 2.45) is 0 Å². The average molecular weight is 337 g/mol. The van der Waals surface area contributed by atoms with Gasteiger partial charge in [-0.1, -0.05) is 12.1 Å². The van der Waals surface area contributed by atoms with Crippen molar-refractivity contribution in [1.82, 2.24) is 4.98 Å². The molecule has 1 aromatic heterocycles. The van der Waals surface area contributed by atoms with Crippen LogP contribution in [-0.4, -0.2) is 23.3 Å². The van der Waals surface area contributed by atoms with E-state index in [4.69, 9.17) is 0 Å². The summed E-state index contributed by atoms with van der Waals surface area (Å²) in [5.41, 5.74) is 4.64. The molecule has 2 heterocycles. The number of carbonyl (C=O) groups excluding carboxylic acids is 2. The molecule has 6 heteroatoms. The van der Waals surface area contributed by atoms with E-state index >= 15 is 0 Å². The highest BCUT2D eigenvalue weighted by atomic mass is 32.1. The molecule has 1 aliphatic heterocycles. The molecule has 0 aliphatic carbocycles. The molecule has 4 rings (SSSR count). The molecule has 2 amide bonds. The summed E-state index contributed by atoms with van der Waals surface area (Å²) in [6.45, 7) is 0.693. The molecule has 1 aliphatic rings. The zero-order valence-electron chi connectivity index (χ0n) is 12.9. The normalized spacial score (nSPS) is 14.3. The molecule has 0 radical (unpaired) electrons. The molecule has 0 bridgehead atoms. The standard InChI is InChI=1S/C18H15N3O2S/c22-17-6-3-9-21(17)15-5-2-1-4-13(15)20-18(23)12-7-8-14-16(10-12)24-11-19-14/h1-2,4-5,7-8,10-11H,3,6,9H2,(H,20,23). The first-order valence-corrected chi connectivity index (χ1v) is 8.64. The molecule has 3 aromatic rings. The molecule has 0 spiro atoms. The number of carbonyl (C=O) groups is 2. The highest BCUT2D eigenvalue weighted by molar-refractivity contribution is 7.16. The zero-order valence-corrected chi connectivity index (χ0v) is 13.7. The number of hydrogen-bond acceptors (Lipinski definition) is 4. The van der Waals surface area contributed by atoms with Crippen molar-refractivity contribution in [3.8, 4) is 0 Å². The number of nitrogens with one attached hydrogen (secondary N) is 1. The third kappa shape index (κ3) is 2.65. The maximum atomic E-state index is 12.6. The molecular formula is C18H15N3O2S. The Bertz CT molecular complexity index is 935. The first-order valence-electron chi connectivity index (χ1n) is 7.76. The monoisotopic (exact) mass is 337 g/mol. The minimum Gasteiger partial charge on any atom is -0.320 e. The largest absolute Gasteiger partial charge is 0.320 e. The minimum absolute atomic E-state index is 0.0998. The molecule has 24 heavy (non-hydrogen) atoms. The van der Waals surface area contributed by atoms with Gasteiger partial charge in [0, 0.05) is 18.5 Å². The van der Waals surface area contributed by atoms with Crippen LogP contribution in [-0.2, 0) is 4.79 Å². The van der Waals surface area contributed by atoms with Crippen LogP contribution in [0.25, 0.3) is 10.2 Å². The van der Waals surface area contributed by atoms with E-state index in [0.29, 0.717) is 24.2 Å². The van der Waals surface area contributed by atoms with Gasteiger partial charge in [-0.15, -0.1) is 11.3 Å². The van der Waals surface area contributed by atoms with E-state index in [-0.39, 0.29) is 11.8 Å². The lowest BCUT2D eigenvalue weighted by Gasteiger charge is -2.20. The third-order valence-electron chi connectivity index (χ3n) is 4.11. The average Bonchev–Trinajstić information content (AvgIpc) is 3.23. The molecule has 1 fully saturated rings. The SMILES string of the molecule is O=C(Nc1ccccc1N1CCCC1=O)c1ccc2ncsc2c1. The molecular weight excluding hydrogens is 322 g/mol. The predicted octanol–water partition coefficient (Wildman–Crippen LogP) is 3.68. The second-order valence-corrected chi connectivity index (χ2v) is 6.54. The van der Waals surface area contributed by atoms with Crippen LogP contribution in [0.2, 0.25) is 0 Å². The highest BCUT2D eigenvalue weighted by Crippen LogP contribution is 2.30. The fraction of sp³-hybridized carbons (Fsp3) is 0.167. The predicted molar refractivity (Wildman–Crippen MR) is 95.6 cm³/mol. The van der Waals surface area contributed by atoms with Gasteiger partial charge in [-0.2, -0.15) is 0 Å². The molecule has 1 N–H and O–H groups in total. The van der Waals surface area contributed by atoms with Gasteiger partial charge < -0.3 is 10.2 Å². The van der Waals surface area contributed by atoms with Crippen molar-refractivity contribution in [1.29, 1.82) is 0 Å². The van der Waals surface area contributed by atoms with Crippen LogP contribution in [0.15, 0.2) is 48.0 Å². The maximum absolute atomic E-state index is 12.6. The summed E-state index contributed by atoms with van der Waals surface area (Å²) >= 11 is 1.51. The first-order chi connectivity index (χ1) is 11.7. The van der Waals surface area contributed by atoms with E-state index in [2.05, 4.69) is 10.3 Å². The van der Waals surface area contributed by atoms with Crippen LogP contribution < -0.4 is 10.2 Å². The van der Waals surface area contributed by atoms with Crippen molar-refractivity contribution in [2.75, 3.05) is 16.8 Å². The van der Waals surface area contributed by atoms with E-state index < -0.39 is 0 Å². The maximum Gasteiger partial charge on any atom is 0.255 e. The summed E-state index contributed by atoms with van der Waals surface area (Å²) in [6.07, 6.45) is 1.41. The van der Waals surface area contributed by atoms with E-state index in [1.54, 1.807) is 16.5 Å². The van der Waals surface area contributed by atoms with Gasteiger partial charge in [0.05, 0.1) is 27.1 Å². The molecule has 0 saturated carbocycles. The van der Waals surface area contributed by atoms with Crippen LogP contribution in [0.3, 0.4) is 0 Å². The number of nitrogens with zero attached hydrogens (tertiary/aromatic N) is 2. The lowest BCUT2D eigenvalue weighted by atomic mass is 10.2. The lowest BCUT2D eigenvalue weighted by Crippen LogP contribution is -2.25. The summed E-state index contributed by atoms with van der Waals surface area (Å²) in [7, 11) is 0. The van der Waals surface area contributed by atoms with Gasteiger partial charge in [-0.25, -0.2) is 4.98 Å². The Morgan fingerprint density at radius 1 is 1.21 bits per heavy atom. The number of amides is 2. The van der Waals surface area contributed by atoms with Gasteiger partial charge >= 0.3 is 0 Å². The Labute approximate surface area is 142 Å². The number of aromatic nitrogens is 1. The van der Waals surface area contributed by atoms with Crippen LogP contribution in [0.4, 0.5) is 11.4 Å². The van der Waals surface area contributed by atoms with Crippen molar-refractivity contribution >= 4 is 44.7 Å². The summed E-state index contributed by atoms with van der Waals surface area (Å²) in [5, 5.41) is 2.93. The number of benzene rings is 2. The Hall–Kier alpha value is -2.73. The van der Waals surface area contributed by atoms with E-state index in [1.165, 1.54) is 11.3 Å². The zero-order chi connectivity index (χ0) is 16.5. The number of fused-ring (bicyclic) bond motifs is 1. The van der Waals surface area contributed by atoms with Crippen molar-refractivity contribution in [2.45, 2.75) is 12.8 Å². The summed E-state index contributed by atoms with van der Waals surface area (Å²) in [5.74, 6) is -0.0906. The van der Waals surface area contributed by atoms with Crippen LogP contribution in [0, 0.1) is 0 Å². The lowest BCUT2D eigenvalue weighted by molar-refractivity contribution is -0.117. The topological polar surface area (TPSA) is 62.3 Å². The van der Waals surface area contributed by atoms with Crippen molar-refractivity contribution in [3.63, 3.8) is 0 Å². The molecule has 2 aromatic carbocycles. The third-order valence-corrected chi connectivity index (χ3v) is 4.90. The second-order valence-electron chi connectivity index (χ2n) is 5.66. The van der Waals surface area contributed by atoms with Crippen LogP contribution in [0.5, 0.6) is 0 Å². The second kappa shape index (κ2) is 6.05. The Balaban J connectivity index is 1.63. The van der Waals surface area contributed by atoms with Crippen LogP contribution in [0.1, 0.15) is 23.2 Å². The molecule has 0 atom stereocenters. The quantitative estimate of drug-likeness (QED) is 0.793. The number of rotatable bonds is 3. The van der Waals surface area contributed by atoms with E-state index in [0.717, 1.165) is 22.3 Å². The summed E-state index contributed by atoms with van der Waals surface area (Å²) in [6, 6.07) is 12.9. The Morgan fingerprint density at radius 3 is 2.92 bits per heavy atom. The van der Waals surface area contributed by atoms with Gasteiger partial charge in [-0.3, -0.25) is 9.59 Å². The first kappa shape index (κ1) is 14.8. The summed E-state index contributed by atoms with van der Waals surface area (Å²) < 4.78 is 0.977. The van der Waals surface area contributed by atoms with Crippen molar-refractivity contribution in [3.05, 3.63) is 53.5 Å². The minimum atomic E-state index is -0.190. The van der Waals surface area contributed by atoms with E-state index in [9.17, 15) is 9.59 Å². The van der Waals surface area contributed by atoms with E-state index in [1.807, 2.05) is 36.4 Å². The van der Waals surface area contributed by atoms with Gasteiger partial charge in [0.2, 0.25) is 5.91 Å². The number of thiazole rings is 1. The fourth-order valence-corrected chi connectivity index (χ4v) is 3.62. The number of hydrogen-bond donors (Lipinski definition) is 1. The molecule has 5 nitrogen and oxygen atoms in total. The van der Waals surface area contributed by atoms with Gasteiger partial charge in [0.25, 0.3) is 5.91 Å². The fourth-order valence-electron chi connectivity index (χ4n) is 2.91. The smallest absolute Gasteiger partial charge is 0.255 e. The Morgan fingerprint density at radius 2 is 2.08 bits per heavy atom. The van der Waals surface area contributed by atoms with Gasteiger partial charge in [0.1, 0.15) is 0 Å². The van der Waals surface area contributed by atoms with Gasteiger partial charge in [0.15, 0.2) is 0 Å². The van der Waals surface area contributed by atoms with Gasteiger partial charge in [-0.05, 0) is 36.8 Å². The Kier molecular flexibility index (Phi) is 3.74. The molecule has 0 unspecified atom stereocenters.